The molecule has 4 nitrogen and oxygen atoms in total. The summed E-state index contributed by atoms with van der Waals surface area (Å²) in [5, 5.41) is 0. The van der Waals surface area contributed by atoms with Gasteiger partial charge in [0, 0.05) is 45.0 Å². The summed E-state index contributed by atoms with van der Waals surface area (Å²) < 4.78 is 1.91. The number of aryl methyl sites for hydroxylation is 1. The Hall–Kier alpha value is -1.29. The highest BCUT2D eigenvalue weighted by molar-refractivity contribution is 5.93. The maximum absolute atomic E-state index is 12.5. The van der Waals surface area contributed by atoms with Crippen molar-refractivity contribution < 1.29 is 4.79 Å². The quantitative estimate of drug-likeness (QED) is 0.789. The van der Waals surface area contributed by atoms with Gasteiger partial charge in [0.15, 0.2) is 0 Å². The van der Waals surface area contributed by atoms with Crippen LogP contribution in [0.5, 0.6) is 0 Å². The third kappa shape index (κ3) is 2.05. The maximum atomic E-state index is 12.5. The molecule has 3 rings (SSSR count). The molecule has 0 radical (unpaired) electrons. The van der Waals surface area contributed by atoms with Gasteiger partial charge in [-0.3, -0.25) is 9.69 Å². The molecular formula is C14H21N3O. The van der Waals surface area contributed by atoms with Crippen LogP contribution in [-0.2, 0) is 7.05 Å². The van der Waals surface area contributed by atoms with E-state index in [1.807, 2.05) is 34.8 Å². The van der Waals surface area contributed by atoms with Crippen molar-refractivity contribution in [2.24, 2.45) is 7.05 Å². The second-order valence-corrected chi connectivity index (χ2v) is 5.58. The zero-order valence-electron chi connectivity index (χ0n) is 11.2. The van der Waals surface area contributed by atoms with Gasteiger partial charge < -0.3 is 9.47 Å². The summed E-state index contributed by atoms with van der Waals surface area (Å²) in [6.45, 7) is 5.09. The number of carbonyl (C=O) groups excluding carboxylic acids is 1. The number of rotatable bonds is 2. The standard InChI is InChI=1S/C14H21N3O/c1-11-10-16(12-5-6-12)8-9-17(11)14(18)13-4-3-7-15(13)2/h3-4,7,11-12H,5-6,8-10H2,1-2H3. The molecule has 1 saturated heterocycles. The highest BCUT2D eigenvalue weighted by Gasteiger charge is 2.35. The zero-order valence-corrected chi connectivity index (χ0v) is 11.2. The van der Waals surface area contributed by atoms with Crippen molar-refractivity contribution in [1.82, 2.24) is 14.4 Å². The summed E-state index contributed by atoms with van der Waals surface area (Å²) in [5.41, 5.74) is 0.793. The topological polar surface area (TPSA) is 28.5 Å². The SMILES string of the molecule is CC1CN(C2CC2)CCN1C(=O)c1cccn1C. The number of carbonyl (C=O) groups is 1. The summed E-state index contributed by atoms with van der Waals surface area (Å²) in [6, 6.07) is 4.96. The Labute approximate surface area is 108 Å². The molecule has 2 fully saturated rings. The van der Waals surface area contributed by atoms with Crippen molar-refractivity contribution in [2.75, 3.05) is 19.6 Å². The molecule has 98 valence electrons. The summed E-state index contributed by atoms with van der Waals surface area (Å²) in [6.07, 6.45) is 4.62. The minimum absolute atomic E-state index is 0.172. The lowest BCUT2D eigenvalue weighted by atomic mass is 10.1. The molecule has 1 aromatic heterocycles. The van der Waals surface area contributed by atoms with Gasteiger partial charge in [0.1, 0.15) is 5.69 Å². The summed E-state index contributed by atoms with van der Waals surface area (Å²) in [4.78, 5) is 17.0. The van der Waals surface area contributed by atoms with Crippen LogP contribution in [0.4, 0.5) is 0 Å². The van der Waals surface area contributed by atoms with E-state index in [9.17, 15) is 4.79 Å². The van der Waals surface area contributed by atoms with E-state index in [-0.39, 0.29) is 5.91 Å². The number of nitrogens with zero attached hydrogens (tertiary/aromatic N) is 3. The van der Waals surface area contributed by atoms with Crippen molar-refractivity contribution in [1.29, 1.82) is 0 Å². The first-order chi connectivity index (χ1) is 8.66. The fraction of sp³-hybridized carbons (Fsp3) is 0.643. The molecule has 1 aromatic rings. The van der Waals surface area contributed by atoms with Crippen LogP contribution in [0.1, 0.15) is 30.3 Å². The van der Waals surface area contributed by atoms with E-state index in [0.29, 0.717) is 6.04 Å². The first-order valence-electron chi connectivity index (χ1n) is 6.83. The van der Waals surface area contributed by atoms with Crippen LogP contribution in [0.3, 0.4) is 0 Å². The minimum Gasteiger partial charge on any atom is -0.347 e. The Morgan fingerprint density at radius 1 is 1.33 bits per heavy atom. The molecule has 0 N–H and O–H groups in total. The van der Waals surface area contributed by atoms with Gasteiger partial charge >= 0.3 is 0 Å². The molecule has 0 bridgehead atoms. The predicted molar refractivity (Wildman–Crippen MR) is 70.5 cm³/mol. The van der Waals surface area contributed by atoms with Crippen LogP contribution in [0.25, 0.3) is 0 Å². The molecule has 1 saturated carbocycles. The van der Waals surface area contributed by atoms with Crippen molar-refractivity contribution in [3.63, 3.8) is 0 Å². The second-order valence-electron chi connectivity index (χ2n) is 5.58. The number of amides is 1. The van der Waals surface area contributed by atoms with Gasteiger partial charge in [0.25, 0.3) is 5.91 Å². The monoisotopic (exact) mass is 247 g/mol. The van der Waals surface area contributed by atoms with E-state index >= 15 is 0 Å². The number of piperazine rings is 1. The Balaban J connectivity index is 1.69. The molecule has 0 spiro atoms. The fourth-order valence-corrected chi connectivity index (χ4v) is 2.89. The lowest BCUT2D eigenvalue weighted by Crippen LogP contribution is -2.54. The van der Waals surface area contributed by atoms with Crippen molar-refractivity contribution in [2.45, 2.75) is 31.8 Å². The van der Waals surface area contributed by atoms with Gasteiger partial charge in [-0.25, -0.2) is 0 Å². The van der Waals surface area contributed by atoms with Crippen molar-refractivity contribution in [3.05, 3.63) is 24.0 Å². The molecular weight excluding hydrogens is 226 g/mol. The number of hydrogen-bond acceptors (Lipinski definition) is 2. The molecule has 2 aliphatic rings. The van der Waals surface area contributed by atoms with Crippen molar-refractivity contribution >= 4 is 5.91 Å². The summed E-state index contributed by atoms with van der Waals surface area (Å²) >= 11 is 0. The van der Waals surface area contributed by atoms with Crippen molar-refractivity contribution in [3.8, 4) is 0 Å². The van der Waals surface area contributed by atoms with Gasteiger partial charge in [0.05, 0.1) is 0 Å². The van der Waals surface area contributed by atoms with E-state index in [1.165, 1.54) is 12.8 Å². The van der Waals surface area contributed by atoms with Crippen LogP contribution in [0.2, 0.25) is 0 Å². The average Bonchev–Trinajstić information content (AvgIpc) is 3.11. The molecule has 0 aromatic carbocycles. The van der Waals surface area contributed by atoms with Crippen LogP contribution in [-0.4, -0.2) is 52.0 Å². The molecule has 1 aliphatic carbocycles. The fourth-order valence-electron chi connectivity index (χ4n) is 2.89. The van der Waals surface area contributed by atoms with E-state index < -0.39 is 0 Å². The Kier molecular flexibility index (Phi) is 2.90. The Morgan fingerprint density at radius 2 is 2.11 bits per heavy atom. The molecule has 1 unspecified atom stereocenters. The summed E-state index contributed by atoms with van der Waals surface area (Å²) in [7, 11) is 1.93. The highest BCUT2D eigenvalue weighted by Crippen LogP contribution is 2.29. The summed E-state index contributed by atoms with van der Waals surface area (Å²) in [5.74, 6) is 0.172. The van der Waals surface area contributed by atoms with Crippen LogP contribution >= 0.6 is 0 Å². The van der Waals surface area contributed by atoms with Gasteiger partial charge in [-0.2, -0.15) is 0 Å². The van der Waals surface area contributed by atoms with Crippen LogP contribution in [0.15, 0.2) is 18.3 Å². The van der Waals surface area contributed by atoms with E-state index in [2.05, 4.69) is 11.8 Å². The third-order valence-electron chi connectivity index (χ3n) is 4.15. The number of hydrogen-bond donors (Lipinski definition) is 0. The second kappa shape index (κ2) is 4.43. The molecule has 18 heavy (non-hydrogen) atoms. The Bertz CT molecular complexity index is 450. The van der Waals surface area contributed by atoms with Gasteiger partial charge in [-0.1, -0.05) is 0 Å². The van der Waals surface area contributed by atoms with E-state index in [4.69, 9.17) is 0 Å². The van der Waals surface area contributed by atoms with Gasteiger partial charge in [-0.05, 0) is 31.9 Å². The first kappa shape index (κ1) is 11.8. The van der Waals surface area contributed by atoms with E-state index in [0.717, 1.165) is 31.4 Å². The van der Waals surface area contributed by atoms with Crippen LogP contribution in [0, 0.1) is 0 Å². The molecule has 1 atom stereocenters. The predicted octanol–water partition coefficient (Wildman–Crippen LogP) is 1.33. The zero-order chi connectivity index (χ0) is 12.7. The normalized spacial score (nSPS) is 25.4. The lowest BCUT2D eigenvalue weighted by Gasteiger charge is -2.40. The maximum Gasteiger partial charge on any atom is 0.270 e. The molecule has 2 heterocycles. The van der Waals surface area contributed by atoms with Gasteiger partial charge in [-0.15, -0.1) is 0 Å². The molecule has 1 aliphatic heterocycles. The third-order valence-corrected chi connectivity index (χ3v) is 4.15. The molecule has 1 amide bonds. The van der Waals surface area contributed by atoms with E-state index in [1.54, 1.807) is 0 Å². The number of aromatic nitrogens is 1. The largest absolute Gasteiger partial charge is 0.347 e. The van der Waals surface area contributed by atoms with Crippen LogP contribution < -0.4 is 0 Å². The first-order valence-corrected chi connectivity index (χ1v) is 6.83. The lowest BCUT2D eigenvalue weighted by molar-refractivity contribution is 0.0465. The smallest absolute Gasteiger partial charge is 0.270 e. The van der Waals surface area contributed by atoms with Gasteiger partial charge in [0.2, 0.25) is 0 Å². The highest BCUT2D eigenvalue weighted by atomic mass is 16.2. The minimum atomic E-state index is 0.172. The molecule has 4 heteroatoms. The average molecular weight is 247 g/mol. The Morgan fingerprint density at radius 3 is 2.67 bits per heavy atom.